The van der Waals surface area contributed by atoms with Crippen LogP contribution in [0.4, 0.5) is 0 Å². The topological polar surface area (TPSA) is 59.2 Å². The van der Waals surface area contributed by atoms with Crippen LogP contribution in [0.2, 0.25) is 0 Å². The summed E-state index contributed by atoms with van der Waals surface area (Å²) < 4.78 is 7.23. The van der Waals surface area contributed by atoms with Crippen molar-refractivity contribution in [3.63, 3.8) is 0 Å². The molecule has 0 unspecified atom stereocenters. The number of ether oxygens (including phenoxy) is 1. The largest absolute Gasteiger partial charge is 0.459 e. The van der Waals surface area contributed by atoms with Crippen LogP contribution in [0.3, 0.4) is 0 Å². The Labute approximate surface area is 73.3 Å². The highest BCUT2D eigenvalue weighted by Crippen LogP contribution is 2.00. The lowest BCUT2D eigenvalue weighted by Gasteiger charge is -2.04. The molecule has 1 aromatic heterocycles. The van der Waals surface area contributed by atoms with Crippen molar-refractivity contribution in [1.82, 2.24) is 4.37 Å². The Morgan fingerprint density at radius 3 is 2.75 bits per heavy atom. The van der Waals surface area contributed by atoms with Gasteiger partial charge in [-0.25, -0.2) is 4.79 Å². The van der Waals surface area contributed by atoms with Crippen molar-refractivity contribution in [2.24, 2.45) is 0 Å². The SMILES string of the molecule is CC(C)OC(=O)c1cs[nH]c1=O. The minimum Gasteiger partial charge on any atom is -0.459 e. The van der Waals surface area contributed by atoms with E-state index in [1.54, 1.807) is 13.8 Å². The third-order valence-corrected chi connectivity index (χ3v) is 1.79. The van der Waals surface area contributed by atoms with Crippen LogP contribution < -0.4 is 5.56 Å². The van der Waals surface area contributed by atoms with Crippen molar-refractivity contribution in [3.05, 3.63) is 21.3 Å². The van der Waals surface area contributed by atoms with Gasteiger partial charge in [0.05, 0.1) is 6.10 Å². The lowest BCUT2D eigenvalue weighted by Crippen LogP contribution is -2.18. The molecule has 12 heavy (non-hydrogen) atoms. The van der Waals surface area contributed by atoms with Gasteiger partial charge in [-0.15, -0.1) is 0 Å². The molecule has 0 fully saturated rings. The summed E-state index contributed by atoms with van der Waals surface area (Å²) in [6.07, 6.45) is -0.197. The van der Waals surface area contributed by atoms with Gasteiger partial charge in [0.1, 0.15) is 5.56 Å². The molecule has 0 aliphatic rings. The number of hydrogen-bond donors (Lipinski definition) is 1. The minimum atomic E-state index is -0.562. The third kappa shape index (κ3) is 1.94. The van der Waals surface area contributed by atoms with Crippen molar-refractivity contribution < 1.29 is 9.53 Å². The lowest BCUT2D eigenvalue weighted by atomic mass is 10.3. The first-order valence-corrected chi connectivity index (χ1v) is 4.36. The molecule has 1 N–H and O–H groups in total. The van der Waals surface area contributed by atoms with Gasteiger partial charge in [-0.2, -0.15) is 0 Å². The monoisotopic (exact) mass is 187 g/mol. The highest BCUT2D eigenvalue weighted by molar-refractivity contribution is 7.03. The molecular formula is C7H9NO3S. The van der Waals surface area contributed by atoms with E-state index in [1.807, 2.05) is 0 Å². The summed E-state index contributed by atoms with van der Waals surface area (Å²) in [6, 6.07) is 0. The quantitative estimate of drug-likeness (QED) is 0.703. The maximum absolute atomic E-state index is 11.1. The number of esters is 1. The standard InChI is InChI=1S/C7H9NO3S/c1-4(2)11-7(10)5-3-12-8-6(5)9/h3-4H,1-2H3,(H,8,9). The fraction of sp³-hybridized carbons (Fsp3) is 0.429. The van der Waals surface area contributed by atoms with Gasteiger partial charge >= 0.3 is 5.97 Å². The fourth-order valence-corrected chi connectivity index (χ4v) is 1.27. The Hall–Kier alpha value is -1.10. The molecule has 5 heteroatoms. The summed E-state index contributed by atoms with van der Waals surface area (Å²) in [5.74, 6) is -0.562. The molecule has 1 heterocycles. The van der Waals surface area contributed by atoms with Gasteiger partial charge in [0.2, 0.25) is 0 Å². The second-order valence-electron chi connectivity index (χ2n) is 2.53. The predicted molar refractivity (Wildman–Crippen MR) is 45.5 cm³/mol. The fourth-order valence-electron chi connectivity index (χ4n) is 0.669. The number of rotatable bonds is 2. The molecule has 0 aliphatic carbocycles. The van der Waals surface area contributed by atoms with E-state index in [1.165, 1.54) is 5.38 Å². The summed E-state index contributed by atoms with van der Waals surface area (Å²) in [7, 11) is 0. The molecule has 0 radical (unpaired) electrons. The first-order chi connectivity index (χ1) is 5.61. The summed E-state index contributed by atoms with van der Waals surface area (Å²) >= 11 is 1.08. The molecule has 0 aromatic carbocycles. The summed E-state index contributed by atoms with van der Waals surface area (Å²) in [4.78, 5) is 22.0. The number of carbonyl (C=O) groups excluding carboxylic acids is 1. The second kappa shape index (κ2) is 3.53. The molecule has 0 bridgehead atoms. The van der Waals surface area contributed by atoms with Crippen LogP contribution in [-0.2, 0) is 4.74 Å². The first kappa shape index (κ1) is 8.99. The zero-order valence-corrected chi connectivity index (χ0v) is 7.60. The summed E-state index contributed by atoms with van der Waals surface area (Å²) in [5.41, 5.74) is -0.306. The van der Waals surface area contributed by atoms with Gasteiger partial charge in [-0.1, -0.05) is 11.5 Å². The molecule has 0 amide bonds. The minimum absolute atomic E-state index is 0.0775. The van der Waals surface area contributed by atoms with Crippen molar-refractivity contribution in [2.45, 2.75) is 20.0 Å². The van der Waals surface area contributed by atoms with Crippen LogP contribution in [0, 0.1) is 0 Å². The summed E-state index contributed by atoms with van der Waals surface area (Å²) in [5, 5.41) is 1.45. The highest BCUT2D eigenvalue weighted by Gasteiger charge is 2.13. The van der Waals surface area contributed by atoms with Gasteiger partial charge in [-0.05, 0) is 13.8 Å². The van der Waals surface area contributed by atoms with Crippen molar-refractivity contribution in [1.29, 1.82) is 0 Å². The van der Waals surface area contributed by atoms with Gasteiger partial charge in [0.15, 0.2) is 0 Å². The third-order valence-electron chi connectivity index (χ3n) is 1.14. The molecule has 4 nitrogen and oxygen atoms in total. The van der Waals surface area contributed by atoms with Crippen LogP contribution >= 0.6 is 11.5 Å². The molecule has 0 atom stereocenters. The van der Waals surface area contributed by atoms with Crippen LogP contribution in [0.1, 0.15) is 24.2 Å². The smallest absolute Gasteiger partial charge is 0.344 e. The molecule has 1 rings (SSSR count). The number of carbonyl (C=O) groups is 1. The number of hydrogen-bond acceptors (Lipinski definition) is 4. The Morgan fingerprint density at radius 1 is 1.67 bits per heavy atom. The first-order valence-electron chi connectivity index (χ1n) is 3.48. The van der Waals surface area contributed by atoms with Gasteiger partial charge in [-0.3, -0.25) is 9.17 Å². The van der Waals surface area contributed by atoms with Crippen molar-refractivity contribution >= 4 is 17.5 Å². The van der Waals surface area contributed by atoms with Crippen LogP contribution in [0.25, 0.3) is 0 Å². The van der Waals surface area contributed by atoms with Crippen molar-refractivity contribution in [2.75, 3.05) is 0 Å². The van der Waals surface area contributed by atoms with Gasteiger partial charge in [0, 0.05) is 5.38 Å². The van der Waals surface area contributed by atoms with Crippen LogP contribution in [0.15, 0.2) is 10.2 Å². The van der Waals surface area contributed by atoms with Crippen molar-refractivity contribution in [3.8, 4) is 0 Å². The van der Waals surface area contributed by atoms with Crippen LogP contribution in [0.5, 0.6) is 0 Å². The Morgan fingerprint density at radius 2 is 2.33 bits per heavy atom. The number of aromatic amines is 1. The number of aromatic nitrogens is 1. The lowest BCUT2D eigenvalue weighted by molar-refractivity contribution is 0.0377. The Kier molecular flexibility index (Phi) is 2.65. The highest BCUT2D eigenvalue weighted by atomic mass is 32.1. The van der Waals surface area contributed by atoms with E-state index in [4.69, 9.17) is 4.74 Å². The van der Waals surface area contributed by atoms with Crippen LogP contribution in [-0.4, -0.2) is 16.4 Å². The predicted octanol–water partition coefficient (Wildman–Crippen LogP) is 1.00. The van der Waals surface area contributed by atoms with E-state index in [0.717, 1.165) is 11.5 Å². The number of nitrogens with one attached hydrogen (secondary N) is 1. The molecule has 0 aliphatic heterocycles. The van der Waals surface area contributed by atoms with E-state index in [9.17, 15) is 9.59 Å². The molecule has 0 saturated carbocycles. The maximum Gasteiger partial charge on any atom is 0.344 e. The van der Waals surface area contributed by atoms with E-state index >= 15 is 0 Å². The van der Waals surface area contributed by atoms with E-state index in [-0.39, 0.29) is 17.2 Å². The zero-order valence-electron chi connectivity index (χ0n) is 6.79. The summed E-state index contributed by atoms with van der Waals surface area (Å²) in [6.45, 7) is 3.47. The average molecular weight is 187 g/mol. The molecule has 0 spiro atoms. The Balaban J connectivity index is 2.79. The molecule has 66 valence electrons. The Bertz CT molecular complexity index is 325. The number of H-pyrrole nitrogens is 1. The van der Waals surface area contributed by atoms with E-state index in [2.05, 4.69) is 4.37 Å². The molecule has 0 saturated heterocycles. The normalized spacial score (nSPS) is 10.2. The van der Waals surface area contributed by atoms with Gasteiger partial charge in [0.25, 0.3) is 5.56 Å². The molecule has 1 aromatic rings. The molecular weight excluding hydrogens is 178 g/mol. The van der Waals surface area contributed by atoms with E-state index in [0.29, 0.717) is 0 Å². The second-order valence-corrected chi connectivity index (χ2v) is 3.21. The van der Waals surface area contributed by atoms with E-state index < -0.39 is 5.97 Å². The van der Waals surface area contributed by atoms with Gasteiger partial charge < -0.3 is 4.74 Å². The average Bonchev–Trinajstić information content (AvgIpc) is 2.33. The maximum atomic E-state index is 11.1. The zero-order chi connectivity index (χ0) is 9.14.